The highest BCUT2D eigenvalue weighted by Gasteiger charge is 2.25. The van der Waals surface area contributed by atoms with Gasteiger partial charge in [0.2, 0.25) is 11.8 Å². The van der Waals surface area contributed by atoms with Crippen molar-refractivity contribution in [1.29, 1.82) is 0 Å². The second kappa shape index (κ2) is 15.2. The normalized spacial score (nSPS) is 16.1. The number of carbonyl (C=O) groups is 3. The second-order valence-electron chi connectivity index (χ2n) is 10.9. The van der Waals surface area contributed by atoms with Gasteiger partial charge >= 0.3 is 7.82 Å². The van der Waals surface area contributed by atoms with E-state index >= 15 is 0 Å². The maximum atomic E-state index is 13.2. The lowest BCUT2D eigenvalue weighted by molar-refractivity contribution is -0.128. The number of carbonyl (C=O) groups excluding carboxylic acids is 3. The molecule has 0 bridgehead atoms. The molecule has 12 heteroatoms. The van der Waals surface area contributed by atoms with Crippen LogP contribution < -0.4 is 25.6 Å². The van der Waals surface area contributed by atoms with E-state index in [0.29, 0.717) is 22.8 Å². The molecule has 1 saturated carbocycles. The Hall–Kier alpha value is -3.40. The Morgan fingerprint density at radius 3 is 2.29 bits per heavy atom. The summed E-state index contributed by atoms with van der Waals surface area (Å²) in [6.07, 6.45) is 8.03. The summed E-state index contributed by atoms with van der Waals surface area (Å²) in [5, 5.41) is 5.52. The summed E-state index contributed by atoms with van der Waals surface area (Å²) in [6.45, 7) is 5.13. The van der Waals surface area contributed by atoms with Crippen LogP contribution in [0.15, 0.2) is 42.5 Å². The lowest BCUT2D eigenvalue weighted by atomic mass is 9.85. The van der Waals surface area contributed by atoms with Crippen LogP contribution in [0.1, 0.15) is 93.2 Å². The Bertz CT molecular complexity index is 1270. The van der Waals surface area contributed by atoms with Crippen LogP contribution in [-0.2, 0) is 20.6 Å². The number of amides is 3. The van der Waals surface area contributed by atoms with E-state index in [4.69, 9.17) is 20.3 Å². The van der Waals surface area contributed by atoms with Crippen molar-refractivity contribution < 1.29 is 38.0 Å². The van der Waals surface area contributed by atoms with Crippen LogP contribution in [0.3, 0.4) is 0 Å². The molecule has 1 aliphatic rings. The Kier molecular flexibility index (Phi) is 12.0. The Morgan fingerprint density at radius 2 is 1.71 bits per heavy atom. The number of benzene rings is 2. The zero-order valence-electron chi connectivity index (χ0n) is 24.4. The van der Waals surface area contributed by atoms with Gasteiger partial charge in [-0.25, -0.2) is 4.57 Å². The zero-order chi connectivity index (χ0) is 30.9. The Balaban J connectivity index is 1.70. The van der Waals surface area contributed by atoms with Crippen LogP contribution in [0.2, 0.25) is 0 Å². The molecule has 0 aliphatic heterocycles. The summed E-state index contributed by atoms with van der Waals surface area (Å²) in [5.74, 6) is -0.459. The van der Waals surface area contributed by atoms with Crippen molar-refractivity contribution in [2.24, 2.45) is 11.7 Å². The van der Waals surface area contributed by atoms with E-state index in [9.17, 15) is 18.9 Å². The molecule has 6 N–H and O–H groups in total. The minimum atomic E-state index is -4.70. The van der Waals surface area contributed by atoms with E-state index in [1.54, 1.807) is 37.3 Å². The second-order valence-corrected chi connectivity index (χ2v) is 12.1. The monoisotopic (exact) mass is 603 g/mol. The standard InChI is InChI=1S/C30H42N3O8P/c1-4-24(16-21-8-6-5-7-9-21)40-28-15-12-23(18-26(28)29(31)35)19(2)32-30(36)27(33-20(3)34)17-22-10-13-25(14-11-22)41-42(37,38)39/h10-15,18-19,21,24,27H,4-9,16-17H2,1-3H3,(H2,31,35)(H,32,36)(H,33,34)(H2,37,38,39). The molecule has 230 valence electrons. The lowest BCUT2D eigenvalue weighted by Crippen LogP contribution is -2.48. The molecule has 0 aromatic heterocycles. The van der Waals surface area contributed by atoms with Crippen molar-refractivity contribution in [2.75, 3.05) is 0 Å². The number of nitrogens with one attached hydrogen (secondary N) is 2. The molecule has 3 unspecified atom stereocenters. The first-order valence-electron chi connectivity index (χ1n) is 14.4. The number of hydrogen-bond donors (Lipinski definition) is 5. The highest BCUT2D eigenvalue weighted by molar-refractivity contribution is 7.46. The molecule has 1 aliphatic carbocycles. The molecule has 3 amide bonds. The molecule has 0 radical (unpaired) electrons. The smallest absolute Gasteiger partial charge is 0.490 e. The van der Waals surface area contributed by atoms with Gasteiger partial charge in [-0.15, -0.1) is 0 Å². The predicted molar refractivity (Wildman–Crippen MR) is 158 cm³/mol. The lowest BCUT2D eigenvalue weighted by Gasteiger charge is -2.27. The molecular weight excluding hydrogens is 561 g/mol. The fourth-order valence-electron chi connectivity index (χ4n) is 5.30. The van der Waals surface area contributed by atoms with Crippen molar-refractivity contribution in [2.45, 2.75) is 90.3 Å². The van der Waals surface area contributed by atoms with Crippen molar-refractivity contribution in [3.8, 4) is 11.5 Å². The van der Waals surface area contributed by atoms with Crippen LogP contribution in [-0.4, -0.2) is 39.7 Å². The number of rotatable bonds is 14. The highest BCUT2D eigenvalue weighted by atomic mass is 31.2. The summed E-state index contributed by atoms with van der Waals surface area (Å²) < 4.78 is 21.9. The molecule has 11 nitrogen and oxygen atoms in total. The van der Waals surface area contributed by atoms with Crippen LogP contribution >= 0.6 is 7.82 Å². The van der Waals surface area contributed by atoms with Crippen molar-refractivity contribution in [3.05, 3.63) is 59.2 Å². The van der Waals surface area contributed by atoms with Crippen molar-refractivity contribution in [1.82, 2.24) is 10.6 Å². The van der Waals surface area contributed by atoms with E-state index in [1.807, 2.05) is 0 Å². The number of primary amides is 1. The molecule has 0 saturated heterocycles. The number of phosphoric acid groups is 1. The average molecular weight is 604 g/mol. The van der Waals surface area contributed by atoms with Gasteiger partial charge in [-0.3, -0.25) is 24.2 Å². The third-order valence-electron chi connectivity index (χ3n) is 7.48. The average Bonchev–Trinajstić information content (AvgIpc) is 2.92. The Labute approximate surface area is 246 Å². The third kappa shape index (κ3) is 10.5. The van der Waals surface area contributed by atoms with Gasteiger partial charge in [-0.1, -0.05) is 57.2 Å². The van der Waals surface area contributed by atoms with E-state index in [0.717, 1.165) is 12.8 Å². The van der Waals surface area contributed by atoms with Crippen LogP contribution in [0.25, 0.3) is 0 Å². The van der Waals surface area contributed by atoms with Gasteiger partial charge in [-0.05, 0) is 61.1 Å². The number of nitrogens with two attached hydrogens (primary N) is 1. The maximum Gasteiger partial charge on any atom is 0.524 e. The SMILES string of the molecule is CCC(CC1CCCCC1)Oc1ccc(C(C)NC(=O)C(Cc2ccc(OP(=O)(O)O)cc2)NC(C)=O)cc1C(N)=O. The molecule has 3 atom stereocenters. The molecule has 2 aromatic rings. The summed E-state index contributed by atoms with van der Waals surface area (Å²) in [5.41, 5.74) is 7.23. The van der Waals surface area contributed by atoms with Gasteiger partial charge in [-0.2, -0.15) is 0 Å². The summed E-state index contributed by atoms with van der Waals surface area (Å²) in [6, 6.07) is 9.51. The molecule has 3 rings (SSSR count). The fourth-order valence-corrected chi connectivity index (χ4v) is 5.69. The molecule has 1 fully saturated rings. The molecule has 2 aromatic carbocycles. The van der Waals surface area contributed by atoms with Crippen LogP contribution in [0.4, 0.5) is 0 Å². The molecule has 0 heterocycles. The van der Waals surface area contributed by atoms with Gasteiger partial charge in [0.15, 0.2) is 0 Å². The quantitative estimate of drug-likeness (QED) is 0.198. The first-order valence-corrected chi connectivity index (χ1v) is 15.9. The molecular formula is C30H42N3O8P. The number of phosphoric ester groups is 1. The van der Waals surface area contributed by atoms with Gasteiger partial charge in [0.1, 0.15) is 17.5 Å². The Morgan fingerprint density at radius 1 is 1.05 bits per heavy atom. The van der Waals surface area contributed by atoms with E-state index in [1.165, 1.54) is 51.2 Å². The van der Waals surface area contributed by atoms with E-state index < -0.39 is 37.6 Å². The zero-order valence-corrected chi connectivity index (χ0v) is 25.3. The number of ether oxygens (including phenoxy) is 1. The van der Waals surface area contributed by atoms with E-state index in [-0.39, 0.29) is 23.8 Å². The molecule has 42 heavy (non-hydrogen) atoms. The highest BCUT2D eigenvalue weighted by Crippen LogP contribution is 2.37. The van der Waals surface area contributed by atoms with Crippen molar-refractivity contribution in [3.63, 3.8) is 0 Å². The topological polar surface area (TPSA) is 177 Å². The first kappa shape index (κ1) is 33.1. The van der Waals surface area contributed by atoms with Crippen molar-refractivity contribution >= 4 is 25.5 Å². The fraction of sp³-hybridized carbons (Fsp3) is 0.500. The largest absolute Gasteiger partial charge is 0.524 e. The minimum Gasteiger partial charge on any atom is -0.490 e. The van der Waals surface area contributed by atoms with Gasteiger partial charge in [0, 0.05) is 13.3 Å². The van der Waals surface area contributed by atoms with Crippen LogP contribution in [0, 0.1) is 5.92 Å². The maximum absolute atomic E-state index is 13.2. The predicted octanol–water partition coefficient (Wildman–Crippen LogP) is 4.31. The van der Waals surface area contributed by atoms with E-state index in [2.05, 4.69) is 22.1 Å². The van der Waals surface area contributed by atoms with Gasteiger partial charge in [0.25, 0.3) is 5.91 Å². The first-order chi connectivity index (χ1) is 19.8. The van der Waals surface area contributed by atoms with Gasteiger partial charge < -0.3 is 25.6 Å². The summed E-state index contributed by atoms with van der Waals surface area (Å²) in [7, 11) is -4.70. The van der Waals surface area contributed by atoms with Crippen LogP contribution in [0.5, 0.6) is 11.5 Å². The minimum absolute atomic E-state index is 0.0231. The molecule has 0 spiro atoms. The summed E-state index contributed by atoms with van der Waals surface area (Å²) >= 11 is 0. The third-order valence-corrected chi connectivity index (χ3v) is 7.93. The summed E-state index contributed by atoms with van der Waals surface area (Å²) in [4.78, 5) is 55.4. The number of hydrogen-bond acceptors (Lipinski definition) is 6. The van der Waals surface area contributed by atoms with Gasteiger partial charge in [0.05, 0.1) is 17.7 Å².